The molecule has 138 valence electrons. The monoisotopic (exact) mass is 383 g/mol. The molecule has 1 N–H and O–H groups in total. The summed E-state index contributed by atoms with van der Waals surface area (Å²) < 4.78 is 14.2. The number of aromatic nitrogens is 4. The molecular formula is C18H17N5O3S. The average molecular weight is 383 g/mol. The fourth-order valence-corrected chi connectivity index (χ4v) is 3.21. The van der Waals surface area contributed by atoms with Crippen LogP contribution in [-0.2, 0) is 0 Å². The van der Waals surface area contributed by atoms with Gasteiger partial charge in [-0.1, -0.05) is 0 Å². The van der Waals surface area contributed by atoms with Gasteiger partial charge in [0.05, 0.1) is 6.21 Å². The summed E-state index contributed by atoms with van der Waals surface area (Å²) in [6.45, 7) is 5.83. The van der Waals surface area contributed by atoms with E-state index < -0.39 is 0 Å². The molecule has 0 radical (unpaired) electrons. The molecule has 9 heteroatoms. The molecule has 3 aromatic rings. The zero-order chi connectivity index (χ0) is 19.1. The predicted molar refractivity (Wildman–Crippen MR) is 103 cm³/mol. The Bertz CT molecular complexity index is 1190. The second-order valence-corrected chi connectivity index (χ2v) is 6.56. The van der Waals surface area contributed by atoms with Crippen LogP contribution in [-0.4, -0.2) is 32.4 Å². The van der Waals surface area contributed by atoms with Crippen LogP contribution in [0.2, 0.25) is 0 Å². The van der Waals surface area contributed by atoms with Crippen molar-refractivity contribution in [2.24, 2.45) is 5.10 Å². The molecule has 0 aliphatic carbocycles. The van der Waals surface area contributed by atoms with E-state index in [4.69, 9.17) is 21.7 Å². The van der Waals surface area contributed by atoms with Crippen LogP contribution in [0.4, 0.5) is 0 Å². The maximum atomic E-state index is 12.2. The van der Waals surface area contributed by atoms with E-state index in [0.717, 1.165) is 38.8 Å². The van der Waals surface area contributed by atoms with Gasteiger partial charge in [0.25, 0.3) is 5.56 Å². The SMILES string of the molecule is Cc1n[nH]c(=S)n(/N=C\c2cc(C)n(-c3ccc4c(c3)OCO4)c2C)c1=O. The maximum Gasteiger partial charge on any atom is 0.296 e. The molecule has 0 saturated heterocycles. The Morgan fingerprint density at radius 1 is 1.22 bits per heavy atom. The van der Waals surface area contributed by atoms with Crippen molar-refractivity contribution in [3.05, 3.63) is 62.0 Å². The number of hydrogen-bond donors (Lipinski definition) is 1. The second kappa shape index (κ2) is 6.51. The summed E-state index contributed by atoms with van der Waals surface area (Å²) in [5.74, 6) is 1.46. The molecular weight excluding hydrogens is 366 g/mol. The molecule has 0 fully saturated rings. The van der Waals surface area contributed by atoms with Crippen LogP contribution in [0.1, 0.15) is 22.6 Å². The van der Waals surface area contributed by atoms with E-state index in [0.29, 0.717) is 5.69 Å². The Kier molecular flexibility index (Phi) is 4.15. The van der Waals surface area contributed by atoms with E-state index in [-0.39, 0.29) is 17.1 Å². The van der Waals surface area contributed by atoms with E-state index in [2.05, 4.69) is 19.9 Å². The molecule has 27 heavy (non-hydrogen) atoms. The second-order valence-electron chi connectivity index (χ2n) is 6.18. The summed E-state index contributed by atoms with van der Waals surface area (Å²) >= 11 is 5.10. The van der Waals surface area contributed by atoms with Crippen molar-refractivity contribution in [1.82, 2.24) is 19.4 Å². The van der Waals surface area contributed by atoms with Crippen LogP contribution >= 0.6 is 12.2 Å². The zero-order valence-electron chi connectivity index (χ0n) is 15.0. The van der Waals surface area contributed by atoms with Crippen LogP contribution in [0.15, 0.2) is 34.2 Å². The number of H-pyrrole nitrogens is 1. The topological polar surface area (TPSA) is 86.4 Å². The summed E-state index contributed by atoms with van der Waals surface area (Å²) in [5.41, 5.74) is 3.79. The fraction of sp³-hybridized carbons (Fsp3) is 0.222. The first-order chi connectivity index (χ1) is 13.0. The summed E-state index contributed by atoms with van der Waals surface area (Å²) in [6.07, 6.45) is 1.62. The number of ether oxygens (including phenoxy) is 2. The van der Waals surface area contributed by atoms with Crippen molar-refractivity contribution in [3.8, 4) is 17.2 Å². The number of aryl methyl sites for hydroxylation is 2. The van der Waals surface area contributed by atoms with Gasteiger partial charge in [-0.3, -0.25) is 9.89 Å². The lowest BCUT2D eigenvalue weighted by Crippen LogP contribution is -2.22. The third-order valence-electron chi connectivity index (χ3n) is 4.41. The van der Waals surface area contributed by atoms with Crippen molar-refractivity contribution < 1.29 is 9.47 Å². The highest BCUT2D eigenvalue weighted by molar-refractivity contribution is 7.71. The third kappa shape index (κ3) is 2.95. The van der Waals surface area contributed by atoms with Crippen molar-refractivity contribution in [2.45, 2.75) is 20.8 Å². The van der Waals surface area contributed by atoms with Crippen molar-refractivity contribution >= 4 is 18.4 Å². The number of fused-ring (bicyclic) bond motifs is 1. The Labute approximate surface area is 159 Å². The molecule has 1 aliphatic heterocycles. The number of aromatic amines is 1. The van der Waals surface area contributed by atoms with E-state index in [1.807, 2.05) is 38.1 Å². The lowest BCUT2D eigenvalue weighted by Gasteiger charge is -2.10. The van der Waals surface area contributed by atoms with E-state index >= 15 is 0 Å². The largest absolute Gasteiger partial charge is 0.454 e. The standard InChI is InChI=1S/C18H17N5O3S/c1-10-6-13(8-19-23-17(24)11(2)20-21-18(23)27)12(3)22(10)14-4-5-15-16(7-14)26-9-25-15/h4-8H,9H2,1-3H3,(H,21,27)/b19-8-. The molecule has 3 heterocycles. The summed E-state index contributed by atoms with van der Waals surface area (Å²) in [6, 6.07) is 7.80. The van der Waals surface area contributed by atoms with E-state index in [1.54, 1.807) is 13.1 Å². The molecule has 0 amide bonds. The Hall–Kier alpha value is -3.20. The minimum Gasteiger partial charge on any atom is -0.454 e. The molecule has 0 unspecified atom stereocenters. The van der Waals surface area contributed by atoms with E-state index in [1.165, 1.54) is 0 Å². The highest BCUT2D eigenvalue weighted by atomic mass is 32.1. The number of rotatable bonds is 3. The van der Waals surface area contributed by atoms with Crippen LogP contribution in [0.3, 0.4) is 0 Å². The zero-order valence-corrected chi connectivity index (χ0v) is 15.8. The summed E-state index contributed by atoms with van der Waals surface area (Å²) in [7, 11) is 0. The van der Waals surface area contributed by atoms with Gasteiger partial charge in [0.2, 0.25) is 11.6 Å². The highest BCUT2D eigenvalue weighted by Crippen LogP contribution is 2.34. The molecule has 1 aromatic carbocycles. The minimum atomic E-state index is -0.348. The van der Waals surface area contributed by atoms with Gasteiger partial charge in [-0.25, -0.2) is 0 Å². The predicted octanol–water partition coefficient (Wildman–Crippen LogP) is 2.63. The Balaban J connectivity index is 1.75. The quantitative estimate of drug-likeness (QED) is 0.555. The average Bonchev–Trinajstić information content (AvgIpc) is 3.22. The first kappa shape index (κ1) is 17.2. The lowest BCUT2D eigenvalue weighted by molar-refractivity contribution is 0.174. The summed E-state index contributed by atoms with van der Waals surface area (Å²) in [4.78, 5) is 12.2. The third-order valence-corrected chi connectivity index (χ3v) is 4.67. The first-order valence-corrected chi connectivity index (χ1v) is 8.68. The Morgan fingerprint density at radius 2 is 2.00 bits per heavy atom. The maximum absolute atomic E-state index is 12.2. The number of nitrogens with one attached hydrogen (secondary N) is 1. The van der Waals surface area contributed by atoms with Crippen molar-refractivity contribution in [1.29, 1.82) is 0 Å². The van der Waals surface area contributed by atoms with Gasteiger partial charge < -0.3 is 14.0 Å². The van der Waals surface area contributed by atoms with Crippen molar-refractivity contribution in [3.63, 3.8) is 0 Å². The van der Waals surface area contributed by atoms with Gasteiger partial charge in [-0.15, -0.1) is 0 Å². The first-order valence-electron chi connectivity index (χ1n) is 8.27. The molecule has 4 rings (SSSR count). The number of benzene rings is 1. The van der Waals surface area contributed by atoms with Crippen LogP contribution in [0.25, 0.3) is 5.69 Å². The number of nitrogens with zero attached hydrogens (tertiary/aromatic N) is 4. The van der Waals surface area contributed by atoms with Crippen molar-refractivity contribution in [2.75, 3.05) is 6.79 Å². The molecule has 0 bridgehead atoms. The molecule has 2 aromatic heterocycles. The normalized spacial score (nSPS) is 12.9. The van der Waals surface area contributed by atoms with Crippen LogP contribution < -0.4 is 15.0 Å². The molecule has 0 atom stereocenters. The molecule has 0 saturated carbocycles. The van der Waals surface area contributed by atoms with Gasteiger partial charge in [-0.2, -0.15) is 14.9 Å². The summed E-state index contributed by atoms with van der Waals surface area (Å²) in [5, 5.41) is 10.7. The minimum absolute atomic E-state index is 0.145. The molecule has 8 nitrogen and oxygen atoms in total. The van der Waals surface area contributed by atoms with Gasteiger partial charge in [0.15, 0.2) is 11.5 Å². The highest BCUT2D eigenvalue weighted by Gasteiger charge is 2.16. The van der Waals surface area contributed by atoms with Gasteiger partial charge in [0, 0.05) is 28.7 Å². The van der Waals surface area contributed by atoms with Gasteiger partial charge >= 0.3 is 0 Å². The van der Waals surface area contributed by atoms with Crippen LogP contribution in [0, 0.1) is 25.5 Å². The molecule has 1 aliphatic rings. The molecule has 0 spiro atoms. The van der Waals surface area contributed by atoms with Gasteiger partial charge in [0.1, 0.15) is 5.69 Å². The Morgan fingerprint density at radius 3 is 2.81 bits per heavy atom. The number of hydrogen-bond acceptors (Lipinski definition) is 6. The fourth-order valence-electron chi connectivity index (χ4n) is 3.04. The van der Waals surface area contributed by atoms with Crippen LogP contribution in [0.5, 0.6) is 11.5 Å². The smallest absolute Gasteiger partial charge is 0.296 e. The van der Waals surface area contributed by atoms with Gasteiger partial charge in [-0.05, 0) is 51.2 Å². The lowest BCUT2D eigenvalue weighted by atomic mass is 10.2. The van der Waals surface area contributed by atoms with E-state index in [9.17, 15) is 4.79 Å².